The second kappa shape index (κ2) is 12.9. The molecule has 4 atom stereocenters. The van der Waals surface area contributed by atoms with Crippen LogP contribution in [0.2, 0.25) is 0 Å². The van der Waals surface area contributed by atoms with Gasteiger partial charge < -0.3 is 19.9 Å². The molecule has 5 rings (SSSR count). The first-order valence-electron chi connectivity index (χ1n) is 12.6. The van der Waals surface area contributed by atoms with E-state index in [0.29, 0.717) is 26.4 Å². The molecule has 0 aliphatic carbocycles. The van der Waals surface area contributed by atoms with Crippen LogP contribution in [0.3, 0.4) is 0 Å². The van der Waals surface area contributed by atoms with Crippen molar-refractivity contribution in [3.63, 3.8) is 0 Å². The molecule has 1 saturated heterocycles. The van der Waals surface area contributed by atoms with Gasteiger partial charge in [0.1, 0.15) is 23.4 Å². The Balaban J connectivity index is 1.40. The van der Waals surface area contributed by atoms with E-state index in [0.717, 1.165) is 16.7 Å². The van der Waals surface area contributed by atoms with Gasteiger partial charge >= 0.3 is 5.69 Å². The molecule has 1 fully saturated rings. The Morgan fingerprint density at radius 2 is 1.26 bits per heavy atom. The molecule has 1 aliphatic rings. The molecule has 1 aliphatic heterocycles. The molecule has 196 valence electrons. The fraction of sp³-hybridized carbons (Fsp3) is 0.267. The third-order valence-corrected chi connectivity index (χ3v) is 7.90. The summed E-state index contributed by atoms with van der Waals surface area (Å²) in [7, 11) is 0. The Kier molecular flexibility index (Phi) is 8.88. The van der Waals surface area contributed by atoms with Gasteiger partial charge in [-0.25, -0.2) is 4.79 Å². The van der Waals surface area contributed by atoms with Crippen LogP contribution >= 0.6 is 11.8 Å². The van der Waals surface area contributed by atoms with E-state index < -0.39 is 11.8 Å². The monoisotopic (exact) mass is 529 g/mol. The SMILES string of the molecule is Nc1ccn(C2S[C@H](COCc3ccccc3)[C@H](OCc3ccccc3)[C@H]2OCc2ccccc2)c(=O)n1. The van der Waals surface area contributed by atoms with E-state index in [4.69, 9.17) is 19.9 Å². The molecule has 0 amide bonds. The molecule has 7 nitrogen and oxygen atoms in total. The lowest BCUT2D eigenvalue weighted by atomic mass is 10.1. The van der Waals surface area contributed by atoms with Crippen molar-refractivity contribution in [3.8, 4) is 0 Å². The molecule has 3 aromatic carbocycles. The molecular weight excluding hydrogens is 498 g/mol. The highest BCUT2D eigenvalue weighted by atomic mass is 32.2. The van der Waals surface area contributed by atoms with Crippen molar-refractivity contribution < 1.29 is 14.2 Å². The van der Waals surface area contributed by atoms with E-state index >= 15 is 0 Å². The van der Waals surface area contributed by atoms with E-state index in [2.05, 4.69) is 4.98 Å². The van der Waals surface area contributed by atoms with Crippen molar-refractivity contribution in [2.45, 2.75) is 42.7 Å². The van der Waals surface area contributed by atoms with Crippen LogP contribution in [0.4, 0.5) is 5.82 Å². The fourth-order valence-electron chi connectivity index (χ4n) is 4.47. The van der Waals surface area contributed by atoms with Crippen LogP contribution in [0.5, 0.6) is 0 Å². The van der Waals surface area contributed by atoms with Gasteiger partial charge in [-0.15, -0.1) is 11.8 Å². The fourth-order valence-corrected chi connectivity index (χ4v) is 6.07. The van der Waals surface area contributed by atoms with Gasteiger partial charge in [0, 0.05) is 6.20 Å². The molecule has 0 radical (unpaired) electrons. The van der Waals surface area contributed by atoms with Crippen molar-refractivity contribution in [2.24, 2.45) is 0 Å². The standard InChI is InChI=1S/C30H31N3O4S/c31-26-16-17-33(30(34)32-26)29-28(37-20-24-14-8-3-9-15-24)27(36-19-23-12-6-2-7-13-23)25(38-29)21-35-18-22-10-4-1-5-11-22/h1-17,25,27-29H,18-21H2,(H2,31,32,34)/t25-,27+,28-,29?/m1/s1. The van der Waals surface area contributed by atoms with Gasteiger partial charge in [0.2, 0.25) is 0 Å². The van der Waals surface area contributed by atoms with Gasteiger partial charge in [-0.3, -0.25) is 4.57 Å². The summed E-state index contributed by atoms with van der Waals surface area (Å²) in [6.45, 7) is 1.75. The maximum absolute atomic E-state index is 12.9. The number of hydrogen-bond donors (Lipinski definition) is 1. The quantitative estimate of drug-likeness (QED) is 0.298. The van der Waals surface area contributed by atoms with Crippen molar-refractivity contribution in [3.05, 3.63) is 130 Å². The number of nitrogens with two attached hydrogens (primary N) is 1. The molecule has 1 unspecified atom stereocenters. The van der Waals surface area contributed by atoms with Crippen LogP contribution in [0.1, 0.15) is 22.1 Å². The van der Waals surface area contributed by atoms with Crippen molar-refractivity contribution in [2.75, 3.05) is 12.3 Å². The summed E-state index contributed by atoms with van der Waals surface area (Å²) < 4.78 is 20.8. The molecule has 2 heterocycles. The highest BCUT2D eigenvalue weighted by Crippen LogP contribution is 2.45. The number of nitrogens with zero attached hydrogens (tertiary/aromatic N) is 2. The number of aromatic nitrogens is 2. The smallest absolute Gasteiger partial charge is 0.350 e. The minimum Gasteiger partial charge on any atom is -0.383 e. The Bertz CT molecular complexity index is 1340. The zero-order valence-electron chi connectivity index (χ0n) is 21.0. The maximum Gasteiger partial charge on any atom is 0.350 e. The van der Waals surface area contributed by atoms with E-state index in [1.807, 2.05) is 91.0 Å². The molecular formula is C30H31N3O4S. The van der Waals surface area contributed by atoms with E-state index in [1.165, 1.54) is 0 Å². The van der Waals surface area contributed by atoms with Gasteiger partial charge in [-0.05, 0) is 22.8 Å². The normalized spacial score (nSPS) is 20.9. The topological polar surface area (TPSA) is 88.6 Å². The summed E-state index contributed by atoms with van der Waals surface area (Å²) in [5, 5.41) is -0.428. The van der Waals surface area contributed by atoms with Gasteiger partial charge in [-0.2, -0.15) is 4.98 Å². The molecule has 4 aromatic rings. The zero-order valence-corrected chi connectivity index (χ0v) is 21.8. The van der Waals surface area contributed by atoms with Gasteiger partial charge in [-0.1, -0.05) is 91.0 Å². The lowest BCUT2D eigenvalue weighted by Crippen LogP contribution is -2.40. The van der Waals surface area contributed by atoms with Crippen molar-refractivity contribution in [1.82, 2.24) is 9.55 Å². The molecule has 38 heavy (non-hydrogen) atoms. The molecule has 0 saturated carbocycles. The number of nitrogen functional groups attached to an aromatic ring is 1. The van der Waals surface area contributed by atoms with Crippen LogP contribution in [0.25, 0.3) is 0 Å². The van der Waals surface area contributed by atoms with E-state index in [-0.39, 0.29) is 22.5 Å². The second-order valence-electron chi connectivity index (χ2n) is 9.13. The summed E-state index contributed by atoms with van der Waals surface area (Å²) in [5.74, 6) is 0.190. The minimum absolute atomic E-state index is 0.0716. The number of anilines is 1. The van der Waals surface area contributed by atoms with Crippen LogP contribution in [0.15, 0.2) is 108 Å². The van der Waals surface area contributed by atoms with Gasteiger partial charge in [0.15, 0.2) is 0 Å². The van der Waals surface area contributed by atoms with Crippen LogP contribution in [0, 0.1) is 0 Å². The van der Waals surface area contributed by atoms with Crippen LogP contribution in [-0.2, 0) is 34.0 Å². The Morgan fingerprint density at radius 1 is 0.737 bits per heavy atom. The predicted molar refractivity (Wildman–Crippen MR) is 149 cm³/mol. The third kappa shape index (κ3) is 6.71. The Labute approximate surface area is 226 Å². The maximum atomic E-state index is 12.9. The summed E-state index contributed by atoms with van der Waals surface area (Å²) in [4.78, 5) is 16.8. The molecule has 8 heteroatoms. The van der Waals surface area contributed by atoms with E-state index in [1.54, 1.807) is 28.6 Å². The highest BCUT2D eigenvalue weighted by molar-refractivity contribution is 8.00. The first-order valence-corrected chi connectivity index (χ1v) is 13.5. The summed E-state index contributed by atoms with van der Waals surface area (Å²) >= 11 is 1.61. The molecule has 0 bridgehead atoms. The number of benzene rings is 3. The van der Waals surface area contributed by atoms with Gasteiger partial charge in [0.05, 0.1) is 31.7 Å². The summed E-state index contributed by atoms with van der Waals surface area (Å²) in [6, 6.07) is 31.7. The first kappa shape index (κ1) is 26.2. The third-order valence-electron chi connectivity index (χ3n) is 6.38. The lowest BCUT2D eigenvalue weighted by Gasteiger charge is -2.27. The van der Waals surface area contributed by atoms with Gasteiger partial charge in [0.25, 0.3) is 0 Å². The molecule has 2 N–H and O–H groups in total. The average Bonchev–Trinajstić information content (AvgIpc) is 3.29. The molecule has 0 spiro atoms. The zero-order chi connectivity index (χ0) is 26.2. The van der Waals surface area contributed by atoms with Crippen LogP contribution in [-0.4, -0.2) is 33.6 Å². The number of hydrogen-bond acceptors (Lipinski definition) is 7. The number of ether oxygens (including phenoxy) is 3. The van der Waals surface area contributed by atoms with E-state index in [9.17, 15) is 4.79 Å². The van der Waals surface area contributed by atoms with Crippen molar-refractivity contribution in [1.29, 1.82) is 0 Å². The number of rotatable bonds is 11. The Hall–Kier alpha value is -3.43. The lowest BCUT2D eigenvalue weighted by molar-refractivity contribution is -0.0920. The second-order valence-corrected chi connectivity index (χ2v) is 10.5. The average molecular weight is 530 g/mol. The first-order chi connectivity index (χ1) is 18.7. The summed E-state index contributed by atoms with van der Waals surface area (Å²) in [5.41, 5.74) is 8.58. The minimum atomic E-state index is -0.419. The number of thioether (sulfide) groups is 1. The van der Waals surface area contributed by atoms with Crippen LogP contribution < -0.4 is 11.4 Å². The van der Waals surface area contributed by atoms with Crippen molar-refractivity contribution >= 4 is 17.6 Å². The Morgan fingerprint density at radius 3 is 1.82 bits per heavy atom. The largest absolute Gasteiger partial charge is 0.383 e. The highest BCUT2D eigenvalue weighted by Gasteiger charge is 2.47. The molecule has 1 aromatic heterocycles. The predicted octanol–water partition coefficient (Wildman–Crippen LogP) is 4.83. The summed E-state index contributed by atoms with van der Waals surface area (Å²) in [6.07, 6.45) is 0.939.